The van der Waals surface area contributed by atoms with Crippen LogP contribution in [0.1, 0.15) is 19.0 Å². The molecule has 0 amide bonds. The van der Waals surface area contributed by atoms with Crippen LogP contribution >= 0.6 is 11.6 Å². The van der Waals surface area contributed by atoms with Crippen LogP contribution in [0.5, 0.6) is 6.01 Å². The summed E-state index contributed by atoms with van der Waals surface area (Å²) in [6, 6.07) is 2.22. The van der Waals surface area contributed by atoms with Crippen LogP contribution in [0.25, 0.3) is 11.2 Å². The molecule has 9 heteroatoms. The zero-order valence-corrected chi connectivity index (χ0v) is 12.6. The van der Waals surface area contributed by atoms with Gasteiger partial charge in [0.25, 0.3) is 6.01 Å². The quantitative estimate of drug-likeness (QED) is 0.671. The molecule has 0 saturated carbocycles. The Kier molecular flexibility index (Phi) is 4.29. The predicted molar refractivity (Wildman–Crippen MR) is 81.8 cm³/mol. The zero-order valence-electron chi connectivity index (χ0n) is 11.9. The fraction of sp³-hybridized carbons (Fsp3) is 0.308. The van der Waals surface area contributed by atoms with E-state index in [9.17, 15) is 0 Å². The van der Waals surface area contributed by atoms with Gasteiger partial charge in [0.1, 0.15) is 11.8 Å². The minimum Gasteiger partial charge on any atom is -0.465 e. The molecule has 2 N–H and O–H groups in total. The molecule has 114 valence electrons. The summed E-state index contributed by atoms with van der Waals surface area (Å²) in [5.74, 6) is 0.549. The molecule has 0 bridgehead atoms. The minimum absolute atomic E-state index is 0.117. The molecule has 3 rings (SSSR count). The summed E-state index contributed by atoms with van der Waals surface area (Å²) in [4.78, 5) is 23.6. The lowest BCUT2D eigenvalue weighted by molar-refractivity contribution is 0.296. The third-order valence-electron chi connectivity index (χ3n) is 2.83. The second kappa shape index (κ2) is 6.52. The highest BCUT2D eigenvalue weighted by Crippen LogP contribution is 2.23. The van der Waals surface area contributed by atoms with Gasteiger partial charge in [-0.15, -0.1) is 0 Å². The molecular weight excluding hydrogens is 306 g/mol. The van der Waals surface area contributed by atoms with Crippen molar-refractivity contribution in [2.45, 2.75) is 19.9 Å². The molecule has 0 fully saturated rings. The first-order valence-corrected chi connectivity index (χ1v) is 7.19. The fourth-order valence-corrected chi connectivity index (χ4v) is 2.01. The van der Waals surface area contributed by atoms with Crippen LogP contribution < -0.4 is 10.1 Å². The minimum atomic E-state index is 0.117. The first-order chi connectivity index (χ1) is 10.8. The van der Waals surface area contributed by atoms with Crippen molar-refractivity contribution in [1.82, 2.24) is 29.9 Å². The van der Waals surface area contributed by atoms with Crippen LogP contribution in [0.3, 0.4) is 0 Å². The number of ether oxygens (including phenoxy) is 1. The summed E-state index contributed by atoms with van der Waals surface area (Å²) in [7, 11) is 0. The average molecular weight is 320 g/mol. The van der Waals surface area contributed by atoms with E-state index in [-0.39, 0.29) is 5.28 Å². The molecule has 0 saturated heterocycles. The van der Waals surface area contributed by atoms with Crippen molar-refractivity contribution < 1.29 is 4.74 Å². The molecule has 0 unspecified atom stereocenters. The second-order valence-electron chi connectivity index (χ2n) is 4.48. The van der Waals surface area contributed by atoms with Gasteiger partial charge in [-0.1, -0.05) is 6.92 Å². The highest BCUT2D eigenvalue weighted by Gasteiger charge is 2.12. The number of rotatable bonds is 6. The smallest absolute Gasteiger partial charge is 0.296 e. The van der Waals surface area contributed by atoms with Crippen LogP contribution in [-0.4, -0.2) is 36.5 Å². The molecule has 3 aromatic rings. The first kappa shape index (κ1) is 14.5. The van der Waals surface area contributed by atoms with E-state index >= 15 is 0 Å². The lowest BCUT2D eigenvalue weighted by Gasteiger charge is -2.05. The summed E-state index contributed by atoms with van der Waals surface area (Å²) < 4.78 is 5.47. The maximum atomic E-state index is 5.94. The molecule has 0 spiro atoms. The Morgan fingerprint density at radius 2 is 2.23 bits per heavy atom. The highest BCUT2D eigenvalue weighted by molar-refractivity contribution is 6.28. The second-order valence-corrected chi connectivity index (χ2v) is 4.82. The molecule has 0 atom stereocenters. The Hall–Kier alpha value is -2.48. The van der Waals surface area contributed by atoms with Gasteiger partial charge < -0.3 is 15.0 Å². The van der Waals surface area contributed by atoms with Crippen LogP contribution in [-0.2, 0) is 6.54 Å². The van der Waals surface area contributed by atoms with Crippen LogP contribution in [0, 0.1) is 0 Å². The number of imidazole rings is 1. The number of hydrogen-bond acceptors (Lipinski definition) is 7. The topological polar surface area (TPSA) is 102 Å². The van der Waals surface area contributed by atoms with E-state index in [1.165, 1.54) is 6.33 Å². The molecule has 8 nitrogen and oxygen atoms in total. The number of aromatic amines is 1. The van der Waals surface area contributed by atoms with E-state index in [1.54, 1.807) is 6.20 Å². The van der Waals surface area contributed by atoms with Crippen LogP contribution in [0.2, 0.25) is 5.28 Å². The van der Waals surface area contributed by atoms with Crippen molar-refractivity contribution >= 4 is 28.6 Å². The number of fused-ring (bicyclic) bond motifs is 1. The summed E-state index contributed by atoms with van der Waals surface area (Å²) in [5.41, 5.74) is 1.93. The van der Waals surface area contributed by atoms with Gasteiger partial charge in [0.05, 0.1) is 18.8 Å². The molecule has 22 heavy (non-hydrogen) atoms. The van der Waals surface area contributed by atoms with Gasteiger partial charge in [0.2, 0.25) is 5.28 Å². The fourth-order valence-electron chi connectivity index (χ4n) is 1.84. The summed E-state index contributed by atoms with van der Waals surface area (Å²) in [6.45, 7) is 3.08. The molecule has 0 aromatic carbocycles. The highest BCUT2D eigenvalue weighted by atomic mass is 35.5. The standard InChI is InChI=1S/C13H14ClN7O/c1-2-5-22-13-18-9-10(19-12(14)20-11(9)21-13)16-6-8-3-4-15-7-17-8/h3-4,7H,2,5-6H2,1H3,(H2,16,18,19,20,21). The lowest BCUT2D eigenvalue weighted by atomic mass is 10.4. The maximum Gasteiger partial charge on any atom is 0.296 e. The number of hydrogen-bond donors (Lipinski definition) is 2. The van der Waals surface area contributed by atoms with E-state index in [0.717, 1.165) is 12.1 Å². The molecule has 0 aliphatic rings. The van der Waals surface area contributed by atoms with E-state index < -0.39 is 0 Å². The summed E-state index contributed by atoms with van der Waals surface area (Å²) in [6.07, 6.45) is 4.06. The number of nitrogens with one attached hydrogen (secondary N) is 2. The first-order valence-electron chi connectivity index (χ1n) is 6.81. The van der Waals surface area contributed by atoms with Gasteiger partial charge in [0.15, 0.2) is 11.5 Å². The molecular formula is C13H14ClN7O. The third kappa shape index (κ3) is 3.22. The Morgan fingerprint density at radius 3 is 3.00 bits per heavy atom. The lowest BCUT2D eigenvalue weighted by Crippen LogP contribution is -2.04. The van der Waals surface area contributed by atoms with Gasteiger partial charge in [-0.2, -0.15) is 15.0 Å². The van der Waals surface area contributed by atoms with Gasteiger partial charge in [-0.25, -0.2) is 9.97 Å². The molecule has 0 aliphatic heterocycles. The number of nitrogens with zero attached hydrogens (tertiary/aromatic N) is 5. The number of H-pyrrole nitrogens is 1. The van der Waals surface area contributed by atoms with E-state index in [4.69, 9.17) is 16.3 Å². The van der Waals surface area contributed by atoms with Gasteiger partial charge in [-0.3, -0.25) is 0 Å². The monoisotopic (exact) mass is 319 g/mol. The Morgan fingerprint density at radius 1 is 1.32 bits per heavy atom. The van der Waals surface area contributed by atoms with Crippen LogP contribution in [0.15, 0.2) is 18.6 Å². The van der Waals surface area contributed by atoms with Gasteiger partial charge in [0, 0.05) is 6.20 Å². The van der Waals surface area contributed by atoms with Gasteiger partial charge in [-0.05, 0) is 24.1 Å². The van der Waals surface area contributed by atoms with E-state index in [0.29, 0.717) is 36.1 Å². The molecule has 3 heterocycles. The van der Waals surface area contributed by atoms with Crippen molar-refractivity contribution in [3.8, 4) is 6.01 Å². The average Bonchev–Trinajstić information content (AvgIpc) is 2.94. The Labute approximate surface area is 131 Å². The number of anilines is 1. The van der Waals surface area contributed by atoms with Gasteiger partial charge >= 0.3 is 0 Å². The maximum absolute atomic E-state index is 5.94. The van der Waals surface area contributed by atoms with Crippen molar-refractivity contribution in [2.75, 3.05) is 11.9 Å². The number of aromatic nitrogens is 6. The molecule has 0 aliphatic carbocycles. The third-order valence-corrected chi connectivity index (χ3v) is 2.99. The van der Waals surface area contributed by atoms with E-state index in [2.05, 4.69) is 35.2 Å². The van der Waals surface area contributed by atoms with E-state index in [1.807, 2.05) is 13.0 Å². The van der Waals surface area contributed by atoms with Crippen molar-refractivity contribution in [1.29, 1.82) is 0 Å². The Balaban J connectivity index is 1.85. The molecule has 3 aromatic heterocycles. The van der Waals surface area contributed by atoms with Crippen molar-refractivity contribution in [2.24, 2.45) is 0 Å². The van der Waals surface area contributed by atoms with Crippen LogP contribution in [0.4, 0.5) is 5.82 Å². The predicted octanol–water partition coefficient (Wildman–Crippen LogP) is 2.20. The van der Waals surface area contributed by atoms with Crippen molar-refractivity contribution in [3.63, 3.8) is 0 Å². The molecule has 0 radical (unpaired) electrons. The number of halogens is 1. The Bertz CT molecular complexity index is 762. The largest absolute Gasteiger partial charge is 0.465 e. The summed E-state index contributed by atoms with van der Waals surface area (Å²) >= 11 is 5.94. The SMILES string of the molecule is CCCOc1nc2nc(Cl)nc(NCc3ccncn3)c2[nH]1. The zero-order chi connectivity index (χ0) is 15.4. The van der Waals surface area contributed by atoms with Crippen molar-refractivity contribution in [3.05, 3.63) is 29.6 Å². The normalized spacial score (nSPS) is 10.8. The summed E-state index contributed by atoms with van der Waals surface area (Å²) in [5, 5.41) is 3.28.